The van der Waals surface area contributed by atoms with Gasteiger partial charge in [0.05, 0.1) is 26.4 Å². The highest BCUT2D eigenvalue weighted by molar-refractivity contribution is 7.47. The highest BCUT2D eigenvalue weighted by Gasteiger charge is 2.30. The van der Waals surface area contributed by atoms with E-state index in [0.29, 0.717) is 25.7 Å². The molecule has 0 aliphatic heterocycles. The van der Waals surface area contributed by atoms with Crippen molar-refractivity contribution in [2.75, 3.05) is 39.6 Å². The van der Waals surface area contributed by atoms with E-state index in [9.17, 15) is 43.2 Å². The van der Waals surface area contributed by atoms with Crippen LogP contribution in [0.4, 0.5) is 0 Å². The standard InChI is InChI=1S/C80H156O17P2/c1-7-9-11-13-15-17-19-20-21-22-28-34-40-46-52-58-64-79(84)96-75(68-90-77(82)62-56-50-44-38-18-16-14-12-10-8-2)70-94-98(86,87)92-66-74(81)67-93-99(88,89)95-71-76(69-91-78(83)63-57-51-45-39-33-30-25-27-32-37-43-49-55-61-73(5)6)97-80(85)65-59-53-47-41-35-29-24-23-26-31-36-42-48-54-60-72(3)4/h72-76,81H,7-71H2,1-6H3,(H,86,87)(H,88,89)/t74-,75+,76+/m0/s1. The number of aliphatic hydroxyl groups is 1. The van der Waals surface area contributed by atoms with Crippen LogP contribution in [0.1, 0.15) is 420 Å². The molecule has 0 aromatic carbocycles. The minimum absolute atomic E-state index is 0.108. The van der Waals surface area contributed by atoms with Crippen molar-refractivity contribution >= 4 is 39.5 Å². The Morgan fingerprint density at radius 3 is 0.687 bits per heavy atom. The molecular formula is C80H156O17P2. The lowest BCUT2D eigenvalue weighted by Crippen LogP contribution is -2.30. The smallest absolute Gasteiger partial charge is 0.462 e. The average Bonchev–Trinajstić information content (AvgIpc) is 0.948. The number of carbonyl (C=O) groups is 4. The maximum Gasteiger partial charge on any atom is 0.472 e. The second-order valence-corrected chi connectivity index (χ2v) is 32.7. The van der Waals surface area contributed by atoms with Gasteiger partial charge in [0.15, 0.2) is 12.2 Å². The number of unbranched alkanes of at least 4 members (excludes halogenated alkanes) is 49. The number of carbonyl (C=O) groups excluding carboxylic acids is 4. The van der Waals surface area contributed by atoms with Crippen molar-refractivity contribution in [2.24, 2.45) is 11.8 Å². The van der Waals surface area contributed by atoms with E-state index < -0.39 is 97.5 Å². The first-order chi connectivity index (χ1) is 47.9. The van der Waals surface area contributed by atoms with Gasteiger partial charge in [0.2, 0.25) is 0 Å². The van der Waals surface area contributed by atoms with E-state index in [2.05, 4.69) is 41.5 Å². The maximum absolute atomic E-state index is 13.1. The predicted octanol–water partition coefficient (Wildman–Crippen LogP) is 23.9. The number of hydrogen-bond acceptors (Lipinski definition) is 15. The van der Waals surface area contributed by atoms with Crippen LogP contribution in [0.2, 0.25) is 0 Å². The van der Waals surface area contributed by atoms with Gasteiger partial charge in [-0.1, -0.05) is 369 Å². The van der Waals surface area contributed by atoms with Gasteiger partial charge in [-0.25, -0.2) is 9.13 Å². The fourth-order valence-corrected chi connectivity index (χ4v) is 13.9. The molecule has 0 saturated carbocycles. The van der Waals surface area contributed by atoms with Gasteiger partial charge >= 0.3 is 39.5 Å². The van der Waals surface area contributed by atoms with Gasteiger partial charge < -0.3 is 33.8 Å². The summed E-state index contributed by atoms with van der Waals surface area (Å²) in [5.74, 6) is -0.522. The molecule has 0 aliphatic carbocycles. The van der Waals surface area contributed by atoms with Crippen molar-refractivity contribution in [3.05, 3.63) is 0 Å². The fraction of sp³-hybridized carbons (Fsp3) is 0.950. The molecule has 0 aromatic rings. The van der Waals surface area contributed by atoms with Crippen LogP contribution in [0.3, 0.4) is 0 Å². The van der Waals surface area contributed by atoms with Crippen LogP contribution in [0.5, 0.6) is 0 Å². The number of phosphoric acid groups is 2. The molecule has 2 unspecified atom stereocenters. The molecule has 0 fully saturated rings. The van der Waals surface area contributed by atoms with Gasteiger partial charge in [-0.05, 0) is 37.5 Å². The summed E-state index contributed by atoms with van der Waals surface area (Å²) in [6.07, 6.45) is 60.9. The lowest BCUT2D eigenvalue weighted by molar-refractivity contribution is -0.161. The fourth-order valence-electron chi connectivity index (χ4n) is 12.4. The Labute approximate surface area is 607 Å². The summed E-state index contributed by atoms with van der Waals surface area (Å²) in [5.41, 5.74) is 0. The van der Waals surface area contributed by atoms with E-state index in [1.807, 2.05) is 0 Å². The van der Waals surface area contributed by atoms with E-state index >= 15 is 0 Å². The Kier molecular flexibility index (Phi) is 70.3. The first-order valence-electron chi connectivity index (χ1n) is 41.5. The lowest BCUT2D eigenvalue weighted by Gasteiger charge is -2.21. The second kappa shape index (κ2) is 71.7. The van der Waals surface area contributed by atoms with E-state index in [1.54, 1.807) is 0 Å². The molecule has 99 heavy (non-hydrogen) atoms. The molecule has 0 radical (unpaired) electrons. The molecule has 0 saturated heterocycles. The molecule has 0 amide bonds. The van der Waals surface area contributed by atoms with Gasteiger partial charge in [0.1, 0.15) is 19.3 Å². The number of esters is 4. The van der Waals surface area contributed by atoms with E-state index in [4.69, 9.17) is 37.0 Å². The quantitative estimate of drug-likeness (QED) is 0.0222. The molecular weight excluding hydrogens is 1290 g/mol. The minimum atomic E-state index is -4.96. The third kappa shape index (κ3) is 74.1. The first kappa shape index (κ1) is 97.1. The molecule has 0 heterocycles. The van der Waals surface area contributed by atoms with Crippen LogP contribution in [0.15, 0.2) is 0 Å². The van der Waals surface area contributed by atoms with Gasteiger partial charge in [-0.3, -0.25) is 37.3 Å². The number of hydrogen-bond donors (Lipinski definition) is 3. The summed E-state index contributed by atoms with van der Waals surface area (Å²) < 4.78 is 68.7. The van der Waals surface area contributed by atoms with Gasteiger partial charge in [-0.15, -0.1) is 0 Å². The van der Waals surface area contributed by atoms with Crippen molar-refractivity contribution in [3.8, 4) is 0 Å². The SMILES string of the molecule is CCCCCCCCCCCCCCCCCCC(=O)O[C@H](COC(=O)CCCCCCCCCCCC)COP(=O)(O)OC[C@H](O)COP(=O)(O)OC[C@@H](COC(=O)CCCCCCCCCCCCCCCC(C)C)OC(=O)CCCCCCCCCCCCCCCCC(C)C. The lowest BCUT2D eigenvalue weighted by atomic mass is 10.0. The molecule has 5 atom stereocenters. The van der Waals surface area contributed by atoms with E-state index in [1.165, 1.54) is 238 Å². The Morgan fingerprint density at radius 1 is 0.273 bits per heavy atom. The summed E-state index contributed by atoms with van der Waals surface area (Å²) in [6, 6.07) is 0. The third-order valence-electron chi connectivity index (χ3n) is 18.7. The van der Waals surface area contributed by atoms with Crippen LogP contribution >= 0.6 is 15.6 Å². The minimum Gasteiger partial charge on any atom is -0.462 e. The Morgan fingerprint density at radius 2 is 0.465 bits per heavy atom. The molecule has 17 nitrogen and oxygen atoms in total. The number of rotatable bonds is 79. The van der Waals surface area contributed by atoms with Gasteiger partial charge in [-0.2, -0.15) is 0 Å². The highest BCUT2D eigenvalue weighted by atomic mass is 31.2. The van der Waals surface area contributed by atoms with Crippen molar-refractivity contribution in [1.82, 2.24) is 0 Å². The highest BCUT2D eigenvalue weighted by Crippen LogP contribution is 2.45. The van der Waals surface area contributed by atoms with Crippen molar-refractivity contribution in [2.45, 2.75) is 439 Å². The summed E-state index contributed by atoms with van der Waals surface area (Å²) in [6.45, 7) is 9.67. The second-order valence-electron chi connectivity index (χ2n) is 29.8. The predicted molar refractivity (Wildman–Crippen MR) is 405 cm³/mol. The Bertz CT molecular complexity index is 1910. The number of ether oxygens (including phenoxy) is 4. The zero-order valence-electron chi connectivity index (χ0n) is 64.8. The normalized spacial score (nSPS) is 13.9. The Balaban J connectivity index is 5.24. The van der Waals surface area contributed by atoms with Gasteiger partial charge in [0, 0.05) is 25.7 Å². The summed E-state index contributed by atoms with van der Waals surface area (Å²) in [7, 11) is -9.92. The third-order valence-corrected chi connectivity index (χ3v) is 20.6. The molecule has 0 bridgehead atoms. The molecule has 19 heteroatoms. The van der Waals surface area contributed by atoms with Crippen molar-refractivity contribution in [3.63, 3.8) is 0 Å². The van der Waals surface area contributed by atoms with Crippen LogP contribution in [0.25, 0.3) is 0 Å². The average molecular weight is 1450 g/mol. The molecule has 0 spiro atoms. The van der Waals surface area contributed by atoms with Crippen LogP contribution < -0.4 is 0 Å². The van der Waals surface area contributed by atoms with Gasteiger partial charge in [0.25, 0.3) is 0 Å². The number of phosphoric ester groups is 2. The molecule has 0 aromatic heterocycles. The maximum atomic E-state index is 13.1. The largest absolute Gasteiger partial charge is 0.472 e. The molecule has 0 aliphatic rings. The Hall–Kier alpha value is -1.94. The topological polar surface area (TPSA) is 237 Å². The summed E-state index contributed by atoms with van der Waals surface area (Å²) in [4.78, 5) is 73.0. The van der Waals surface area contributed by atoms with E-state index in [-0.39, 0.29) is 25.7 Å². The molecule has 588 valence electrons. The van der Waals surface area contributed by atoms with Crippen LogP contribution in [-0.2, 0) is 65.4 Å². The van der Waals surface area contributed by atoms with E-state index in [0.717, 1.165) is 102 Å². The first-order valence-corrected chi connectivity index (χ1v) is 44.5. The van der Waals surface area contributed by atoms with Crippen LogP contribution in [-0.4, -0.2) is 96.7 Å². The van der Waals surface area contributed by atoms with Crippen molar-refractivity contribution < 1.29 is 80.2 Å². The zero-order valence-corrected chi connectivity index (χ0v) is 66.6. The molecule has 0 rings (SSSR count). The summed E-state index contributed by atoms with van der Waals surface area (Å²) in [5, 5.41) is 10.6. The number of aliphatic hydroxyl groups excluding tert-OH is 1. The summed E-state index contributed by atoms with van der Waals surface area (Å²) >= 11 is 0. The molecule has 3 N–H and O–H groups in total. The zero-order chi connectivity index (χ0) is 72.8. The van der Waals surface area contributed by atoms with Crippen LogP contribution in [0, 0.1) is 11.8 Å². The monoisotopic (exact) mass is 1450 g/mol. The van der Waals surface area contributed by atoms with Crippen molar-refractivity contribution in [1.29, 1.82) is 0 Å².